The second-order valence-electron chi connectivity index (χ2n) is 5.03. The van der Waals surface area contributed by atoms with Crippen molar-refractivity contribution in [3.8, 4) is 5.75 Å². The second-order valence-corrected chi connectivity index (χ2v) is 5.85. The molecule has 2 atom stereocenters. The molecule has 0 aromatic heterocycles. The van der Waals surface area contributed by atoms with E-state index in [9.17, 15) is 10.2 Å². The van der Waals surface area contributed by atoms with Crippen LogP contribution in [0, 0.1) is 0 Å². The monoisotopic (exact) mass is 367 g/mol. The molecule has 126 valence electrons. The van der Waals surface area contributed by atoms with Crippen LogP contribution in [0.15, 0.2) is 47.6 Å². The van der Waals surface area contributed by atoms with E-state index in [0.29, 0.717) is 28.0 Å². The average molecular weight is 368 g/mol. The van der Waals surface area contributed by atoms with Crippen LogP contribution in [0.2, 0.25) is 10.0 Å². The number of ether oxygens (including phenoxy) is 1. The fraction of sp³-hybridized carbons (Fsp3) is 0.250. The lowest BCUT2D eigenvalue weighted by Gasteiger charge is -2.16. The molecule has 24 heavy (non-hydrogen) atoms. The maximum Gasteiger partial charge on any atom is 0.119 e. The normalized spacial score (nSPS) is 13.0. The van der Waals surface area contributed by atoms with Gasteiger partial charge in [-0.15, -0.1) is 0 Å². The molecule has 0 spiro atoms. The summed E-state index contributed by atoms with van der Waals surface area (Å²) in [7, 11) is 0. The van der Waals surface area contributed by atoms with Crippen LogP contribution in [-0.4, -0.2) is 22.9 Å². The minimum absolute atomic E-state index is 0.201. The summed E-state index contributed by atoms with van der Waals surface area (Å²) in [5.74, 6) is 0.599. The number of aliphatic hydroxyl groups excluding tert-OH is 2. The van der Waals surface area contributed by atoms with Gasteiger partial charge in [0, 0.05) is 4.91 Å². The highest BCUT2D eigenvalue weighted by atomic mass is 35.5. The Balaban J connectivity index is 1.96. The summed E-state index contributed by atoms with van der Waals surface area (Å²) in [5, 5.41) is 23.9. The van der Waals surface area contributed by atoms with Crippen LogP contribution in [0.5, 0.6) is 5.75 Å². The highest BCUT2D eigenvalue weighted by molar-refractivity contribution is 6.42. The SMILES string of the molecule is [N-]=[N+]=NCC(O)C(O)c1ccc(OCc2ccc(Cl)c(Cl)c2)cc1. The molecule has 2 N–H and O–H groups in total. The Labute approximate surface area is 148 Å². The van der Waals surface area contributed by atoms with Crippen molar-refractivity contribution in [2.45, 2.75) is 18.8 Å². The molecule has 0 saturated heterocycles. The zero-order valence-electron chi connectivity index (χ0n) is 12.5. The summed E-state index contributed by atoms with van der Waals surface area (Å²) in [6.45, 7) is 0.117. The number of hydrogen-bond acceptors (Lipinski definition) is 4. The van der Waals surface area contributed by atoms with Gasteiger partial charge in [0.15, 0.2) is 0 Å². The van der Waals surface area contributed by atoms with Gasteiger partial charge in [0.25, 0.3) is 0 Å². The Morgan fingerprint density at radius 2 is 1.79 bits per heavy atom. The van der Waals surface area contributed by atoms with Gasteiger partial charge in [0.05, 0.1) is 22.7 Å². The predicted molar refractivity (Wildman–Crippen MR) is 92.2 cm³/mol. The number of aliphatic hydroxyl groups is 2. The lowest BCUT2D eigenvalue weighted by atomic mass is 10.0. The topological polar surface area (TPSA) is 98.5 Å². The summed E-state index contributed by atoms with van der Waals surface area (Å²) in [5.41, 5.74) is 9.59. The first-order valence-electron chi connectivity index (χ1n) is 7.05. The van der Waals surface area contributed by atoms with Gasteiger partial charge in [0.1, 0.15) is 18.5 Å². The van der Waals surface area contributed by atoms with Crippen LogP contribution in [0.3, 0.4) is 0 Å². The molecule has 0 amide bonds. The van der Waals surface area contributed by atoms with E-state index in [1.165, 1.54) is 0 Å². The van der Waals surface area contributed by atoms with Crippen LogP contribution >= 0.6 is 23.2 Å². The van der Waals surface area contributed by atoms with Crippen molar-refractivity contribution in [1.82, 2.24) is 0 Å². The minimum Gasteiger partial charge on any atom is -0.489 e. The van der Waals surface area contributed by atoms with Crippen LogP contribution in [0.4, 0.5) is 0 Å². The molecule has 8 heteroatoms. The summed E-state index contributed by atoms with van der Waals surface area (Å²) >= 11 is 11.8. The maximum absolute atomic E-state index is 9.97. The van der Waals surface area contributed by atoms with E-state index in [4.69, 9.17) is 33.5 Å². The Morgan fingerprint density at radius 3 is 2.42 bits per heavy atom. The van der Waals surface area contributed by atoms with E-state index >= 15 is 0 Å². The van der Waals surface area contributed by atoms with E-state index in [2.05, 4.69) is 10.0 Å². The van der Waals surface area contributed by atoms with Crippen LogP contribution in [-0.2, 0) is 6.61 Å². The van der Waals surface area contributed by atoms with Gasteiger partial charge in [-0.2, -0.15) is 0 Å². The highest BCUT2D eigenvalue weighted by Crippen LogP contribution is 2.24. The fourth-order valence-corrected chi connectivity index (χ4v) is 2.32. The van der Waals surface area contributed by atoms with Crippen molar-refractivity contribution in [2.24, 2.45) is 5.11 Å². The summed E-state index contributed by atoms with van der Waals surface area (Å²) in [6.07, 6.45) is -2.30. The van der Waals surface area contributed by atoms with E-state index < -0.39 is 12.2 Å². The molecule has 0 radical (unpaired) electrons. The van der Waals surface area contributed by atoms with Gasteiger partial charge in [-0.05, 0) is 40.9 Å². The first-order valence-corrected chi connectivity index (χ1v) is 7.80. The number of hydrogen-bond donors (Lipinski definition) is 2. The highest BCUT2D eigenvalue weighted by Gasteiger charge is 2.17. The average Bonchev–Trinajstić information content (AvgIpc) is 2.60. The van der Waals surface area contributed by atoms with E-state index in [-0.39, 0.29) is 6.54 Å². The maximum atomic E-state index is 9.97. The van der Waals surface area contributed by atoms with Gasteiger partial charge < -0.3 is 14.9 Å². The van der Waals surface area contributed by atoms with Crippen LogP contribution in [0.25, 0.3) is 10.4 Å². The van der Waals surface area contributed by atoms with Crippen molar-refractivity contribution in [1.29, 1.82) is 0 Å². The molecule has 2 unspecified atom stereocenters. The molecule has 0 heterocycles. The molecule has 0 aliphatic heterocycles. The zero-order chi connectivity index (χ0) is 17.5. The van der Waals surface area contributed by atoms with Crippen molar-refractivity contribution >= 4 is 23.2 Å². The molecule has 0 aliphatic rings. The van der Waals surface area contributed by atoms with E-state index in [0.717, 1.165) is 5.56 Å². The largest absolute Gasteiger partial charge is 0.489 e. The number of benzene rings is 2. The smallest absolute Gasteiger partial charge is 0.119 e. The third kappa shape index (κ3) is 5.03. The van der Waals surface area contributed by atoms with Gasteiger partial charge in [-0.1, -0.05) is 46.5 Å². The molecular formula is C16H15Cl2N3O3. The first kappa shape index (κ1) is 18.4. The van der Waals surface area contributed by atoms with Gasteiger partial charge >= 0.3 is 0 Å². The molecule has 0 fully saturated rings. The Hall–Kier alpha value is -1.95. The molecule has 0 saturated carbocycles. The first-order chi connectivity index (χ1) is 11.5. The fourth-order valence-electron chi connectivity index (χ4n) is 2.00. The molecule has 0 aliphatic carbocycles. The molecule has 6 nitrogen and oxygen atoms in total. The third-order valence-electron chi connectivity index (χ3n) is 3.31. The van der Waals surface area contributed by atoms with Crippen molar-refractivity contribution in [3.63, 3.8) is 0 Å². The molecule has 2 aromatic carbocycles. The van der Waals surface area contributed by atoms with Crippen LogP contribution < -0.4 is 4.74 Å². The Kier molecular flexibility index (Phi) is 6.73. The van der Waals surface area contributed by atoms with Crippen LogP contribution in [0.1, 0.15) is 17.2 Å². The standard InChI is InChI=1S/C16H15Cl2N3O3/c17-13-6-1-10(7-14(13)18)9-24-12-4-2-11(3-5-12)16(23)15(22)8-20-21-19/h1-7,15-16,22-23H,8-9H2. The molecule has 2 aromatic rings. The summed E-state index contributed by atoms with van der Waals surface area (Å²) in [6, 6.07) is 11.9. The lowest BCUT2D eigenvalue weighted by Crippen LogP contribution is -2.21. The number of nitrogens with zero attached hydrogens (tertiary/aromatic N) is 3. The minimum atomic E-state index is -1.16. The predicted octanol–water partition coefficient (Wildman–Crippen LogP) is 4.28. The second kappa shape index (κ2) is 8.78. The zero-order valence-corrected chi connectivity index (χ0v) is 14.0. The van der Waals surface area contributed by atoms with E-state index in [1.807, 2.05) is 6.07 Å². The number of azide groups is 1. The van der Waals surface area contributed by atoms with E-state index in [1.54, 1.807) is 36.4 Å². The number of rotatable bonds is 7. The Bertz CT molecular complexity index is 734. The summed E-state index contributed by atoms with van der Waals surface area (Å²) < 4.78 is 5.63. The number of halogens is 2. The van der Waals surface area contributed by atoms with Crippen molar-refractivity contribution in [3.05, 3.63) is 74.1 Å². The lowest BCUT2D eigenvalue weighted by molar-refractivity contribution is 0.0244. The van der Waals surface area contributed by atoms with Crippen molar-refractivity contribution in [2.75, 3.05) is 6.54 Å². The third-order valence-corrected chi connectivity index (χ3v) is 4.05. The molecule has 0 bridgehead atoms. The quantitative estimate of drug-likeness (QED) is 0.434. The van der Waals surface area contributed by atoms with Crippen molar-refractivity contribution < 1.29 is 14.9 Å². The Morgan fingerprint density at radius 1 is 1.08 bits per heavy atom. The molecular weight excluding hydrogens is 353 g/mol. The molecule has 2 rings (SSSR count). The van der Waals surface area contributed by atoms with Gasteiger partial charge in [-0.25, -0.2) is 0 Å². The summed E-state index contributed by atoms with van der Waals surface area (Å²) in [4.78, 5) is 2.55. The van der Waals surface area contributed by atoms with Gasteiger partial charge in [0.2, 0.25) is 0 Å². The van der Waals surface area contributed by atoms with Gasteiger partial charge in [-0.3, -0.25) is 0 Å².